The highest BCUT2D eigenvalue weighted by Crippen LogP contribution is 2.59. The fraction of sp³-hybridized carbons (Fsp3) is 1.00. The molecule has 76 valence electrons. The topological polar surface area (TPSA) is 26.0 Å². The van der Waals surface area contributed by atoms with E-state index in [-0.39, 0.29) is 5.54 Å². The van der Waals surface area contributed by atoms with Crippen LogP contribution in [0.15, 0.2) is 0 Å². The summed E-state index contributed by atoms with van der Waals surface area (Å²) in [6, 6.07) is 0. The third-order valence-electron chi connectivity index (χ3n) is 4.99. The first-order valence-corrected chi connectivity index (χ1v) is 5.66. The molecule has 3 aliphatic rings. The van der Waals surface area contributed by atoms with E-state index in [4.69, 9.17) is 5.73 Å². The molecule has 2 bridgehead atoms. The Labute approximate surface area is 82.1 Å². The first-order valence-electron chi connectivity index (χ1n) is 5.66. The van der Waals surface area contributed by atoms with E-state index in [0.29, 0.717) is 10.8 Å². The van der Waals surface area contributed by atoms with Gasteiger partial charge in [0.1, 0.15) is 0 Å². The standard InChI is InChI=1S/C12H23N/c1-10(2,13)12-7-4-11(3,5-8-12)6-9-12/h4-9,13H2,1-3H3. The van der Waals surface area contributed by atoms with Crippen LogP contribution in [-0.4, -0.2) is 5.54 Å². The molecular formula is C12H23N. The number of hydrogen-bond donors (Lipinski definition) is 1. The molecular weight excluding hydrogens is 158 g/mol. The molecule has 0 radical (unpaired) electrons. The van der Waals surface area contributed by atoms with Gasteiger partial charge in [-0.3, -0.25) is 0 Å². The van der Waals surface area contributed by atoms with Crippen molar-refractivity contribution in [3.8, 4) is 0 Å². The third kappa shape index (κ3) is 1.32. The quantitative estimate of drug-likeness (QED) is 0.661. The summed E-state index contributed by atoms with van der Waals surface area (Å²) in [5.41, 5.74) is 7.51. The van der Waals surface area contributed by atoms with Crippen molar-refractivity contribution in [1.82, 2.24) is 0 Å². The summed E-state index contributed by atoms with van der Waals surface area (Å²) in [6.45, 7) is 6.90. The van der Waals surface area contributed by atoms with Gasteiger partial charge in [0.2, 0.25) is 0 Å². The minimum atomic E-state index is 0.0365. The number of fused-ring (bicyclic) bond motifs is 3. The highest BCUT2D eigenvalue weighted by molar-refractivity contribution is 5.05. The Kier molecular flexibility index (Phi) is 1.83. The predicted octanol–water partition coefficient (Wildman–Crippen LogP) is 3.08. The first kappa shape index (κ1) is 9.51. The molecule has 0 aromatic heterocycles. The van der Waals surface area contributed by atoms with Crippen LogP contribution >= 0.6 is 0 Å². The van der Waals surface area contributed by atoms with Crippen molar-refractivity contribution >= 4 is 0 Å². The van der Waals surface area contributed by atoms with E-state index >= 15 is 0 Å². The molecule has 3 aliphatic carbocycles. The van der Waals surface area contributed by atoms with E-state index in [2.05, 4.69) is 20.8 Å². The van der Waals surface area contributed by atoms with E-state index in [0.717, 1.165) is 0 Å². The molecule has 3 saturated carbocycles. The lowest BCUT2D eigenvalue weighted by molar-refractivity contribution is -0.0402. The van der Waals surface area contributed by atoms with Crippen LogP contribution in [0.5, 0.6) is 0 Å². The van der Waals surface area contributed by atoms with Crippen molar-refractivity contribution in [1.29, 1.82) is 0 Å². The Balaban J connectivity index is 2.20. The summed E-state index contributed by atoms with van der Waals surface area (Å²) in [4.78, 5) is 0. The molecule has 3 rings (SSSR count). The molecule has 0 aliphatic heterocycles. The highest BCUT2D eigenvalue weighted by atomic mass is 14.8. The lowest BCUT2D eigenvalue weighted by Crippen LogP contribution is -2.56. The molecule has 1 heteroatoms. The molecule has 0 aromatic rings. The zero-order valence-corrected chi connectivity index (χ0v) is 9.32. The number of hydrogen-bond acceptors (Lipinski definition) is 1. The van der Waals surface area contributed by atoms with Crippen LogP contribution in [0.4, 0.5) is 0 Å². The summed E-state index contributed by atoms with van der Waals surface area (Å²) in [5.74, 6) is 0. The average Bonchev–Trinajstić information content (AvgIpc) is 2.04. The van der Waals surface area contributed by atoms with E-state index in [1.54, 1.807) is 0 Å². The van der Waals surface area contributed by atoms with Gasteiger partial charge >= 0.3 is 0 Å². The SMILES string of the molecule is CC12CCC(C(C)(C)N)(CC1)CC2. The van der Waals surface area contributed by atoms with Gasteiger partial charge in [-0.25, -0.2) is 0 Å². The maximum atomic E-state index is 6.32. The van der Waals surface area contributed by atoms with Crippen LogP contribution in [0.3, 0.4) is 0 Å². The van der Waals surface area contributed by atoms with E-state index in [1.165, 1.54) is 38.5 Å². The predicted molar refractivity (Wildman–Crippen MR) is 56.5 cm³/mol. The molecule has 0 aromatic carbocycles. The molecule has 3 fully saturated rings. The van der Waals surface area contributed by atoms with Crippen LogP contribution in [0, 0.1) is 10.8 Å². The summed E-state index contributed by atoms with van der Waals surface area (Å²) < 4.78 is 0. The highest BCUT2D eigenvalue weighted by Gasteiger charge is 2.51. The van der Waals surface area contributed by atoms with E-state index < -0.39 is 0 Å². The fourth-order valence-corrected chi connectivity index (χ4v) is 3.34. The fourth-order valence-electron chi connectivity index (χ4n) is 3.34. The summed E-state index contributed by atoms with van der Waals surface area (Å²) in [6.07, 6.45) is 8.34. The normalized spacial score (nSPS) is 45.2. The van der Waals surface area contributed by atoms with Crippen LogP contribution in [0.25, 0.3) is 0 Å². The van der Waals surface area contributed by atoms with Gasteiger partial charge < -0.3 is 5.73 Å². The van der Waals surface area contributed by atoms with Gasteiger partial charge in [-0.2, -0.15) is 0 Å². The van der Waals surface area contributed by atoms with Crippen molar-refractivity contribution in [2.75, 3.05) is 0 Å². The maximum Gasteiger partial charge on any atom is 0.0154 e. The second-order valence-electron chi connectivity index (χ2n) is 6.31. The first-order chi connectivity index (χ1) is 5.87. The largest absolute Gasteiger partial charge is 0.325 e. The van der Waals surface area contributed by atoms with Gasteiger partial charge in [0, 0.05) is 5.54 Å². The Morgan fingerprint density at radius 3 is 1.62 bits per heavy atom. The van der Waals surface area contributed by atoms with Crippen LogP contribution in [0.1, 0.15) is 59.3 Å². The monoisotopic (exact) mass is 181 g/mol. The lowest BCUT2D eigenvalue weighted by atomic mass is 9.49. The molecule has 0 saturated heterocycles. The van der Waals surface area contributed by atoms with Crippen molar-refractivity contribution < 1.29 is 0 Å². The van der Waals surface area contributed by atoms with Crippen LogP contribution in [-0.2, 0) is 0 Å². The van der Waals surface area contributed by atoms with Crippen molar-refractivity contribution in [3.05, 3.63) is 0 Å². The summed E-state index contributed by atoms with van der Waals surface area (Å²) >= 11 is 0. The molecule has 0 heterocycles. The van der Waals surface area contributed by atoms with Gasteiger partial charge in [0.15, 0.2) is 0 Å². The summed E-state index contributed by atoms with van der Waals surface area (Å²) in [5, 5.41) is 0. The number of rotatable bonds is 1. The van der Waals surface area contributed by atoms with Gasteiger partial charge in [-0.1, -0.05) is 6.92 Å². The second kappa shape index (κ2) is 2.50. The Morgan fingerprint density at radius 2 is 1.31 bits per heavy atom. The van der Waals surface area contributed by atoms with Crippen molar-refractivity contribution in [3.63, 3.8) is 0 Å². The summed E-state index contributed by atoms with van der Waals surface area (Å²) in [7, 11) is 0. The smallest absolute Gasteiger partial charge is 0.0154 e. The van der Waals surface area contributed by atoms with Gasteiger partial charge in [0.25, 0.3) is 0 Å². The third-order valence-corrected chi connectivity index (χ3v) is 4.99. The van der Waals surface area contributed by atoms with Crippen molar-refractivity contribution in [2.24, 2.45) is 16.6 Å². The van der Waals surface area contributed by atoms with Crippen molar-refractivity contribution in [2.45, 2.75) is 64.8 Å². The molecule has 0 amide bonds. The molecule has 0 spiro atoms. The molecule has 13 heavy (non-hydrogen) atoms. The average molecular weight is 181 g/mol. The van der Waals surface area contributed by atoms with Crippen LogP contribution < -0.4 is 5.73 Å². The van der Waals surface area contributed by atoms with Crippen LogP contribution in [0.2, 0.25) is 0 Å². The molecule has 0 unspecified atom stereocenters. The molecule has 0 atom stereocenters. The zero-order valence-electron chi connectivity index (χ0n) is 9.32. The Hall–Kier alpha value is -0.0400. The van der Waals surface area contributed by atoms with Gasteiger partial charge in [-0.15, -0.1) is 0 Å². The molecule has 1 nitrogen and oxygen atoms in total. The Morgan fingerprint density at radius 1 is 0.923 bits per heavy atom. The van der Waals surface area contributed by atoms with Gasteiger partial charge in [-0.05, 0) is 63.2 Å². The maximum absolute atomic E-state index is 6.32. The minimum absolute atomic E-state index is 0.0365. The molecule has 2 N–H and O–H groups in total. The van der Waals surface area contributed by atoms with Gasteiger partial charge in [0.05, 0.1) is 0 Å². The van der Waals surface area contributed by atoms with E-state index in [1.807, 2.05) is 0 Å². The number of nitrogens with two attached hydrogens (primary N) is 1. The zero-order chi connectivity index (χ0) is 9.74. The minimum Gasteiger partial charge on any atom is -0.325 e. The van der Waals surface area contributed by atoms with E-state index in [9.17, 15) is 0 Å². The Bertz CT molecular complexity index is 187. The lowest BCUT2D eigenvalue weighted by Gasteiger charge is -2.57. The second-order valence-corrected chi connectivity index (χ2v) is 6.31.